The van der Waals surface area contributed by atoms with Crippen LogP contribution in [0, 0.1) is 0 Å². The van der Waals surface area contributed by atoms with Crippen LogP contribution in [0.2, 0.25) is 0 Å². The summed E-state index contributed by atoms with van der Waals surface area (Å²) in [4.78, 5) is 11.9. The summed E-state index contributed by atoms with van der Waals surface area (Å²) < 4.78 is 2.79. The number of rotatable bonds is 8. The van der Waals surface area contributed by atoms with Crippen molar-refractivity contribution in [3.8, 4) is 0 Å². The van der Waals surface area contributed by atoms with Crippen LogP contribution in [0.3, 0.4) is 0 Å². The number of aromatic nitrogens is 4. The Morgan fingerprint density at radius 2 is 1.71 bits per heavy atom. The molecule has 38 heavy (non-hydrogen) atoms. The highest BCUT2D eigenvalue weighted by Gasteiger charge is 2.27. The maximum Gasteiger partial charge on any atom is 0.171 e. The first-order valence-electron chi connectivity index (χ1n) is 13.2. The van der Waals surface area contributed by atoms with Crippen LogP contribution < -0.4 is 5.32 Å². The van der Waals surface area contributed by atoms with E-state index in [0.29, 0.717) is 18.4 Å². The molecule has 1 aliphatic rings. The highest BCUT2D eigenvalue weighted by molar-refractivity contribution is 9.10. The van der Waals surface area contributed by atoms with Gasteiger partial charge >= 0.3 is 0 Å². The second-order valence-electron chi connectivity index (χ2n) is 9.98. The largest absolute Gasteiger partial charge is 0.366 e. The lowest BCUT2D eigenvalue weighted by molar-refractivity contribution is 0.201. The summed E-state index contributed by atoms with van der Waals surface area (Å²) in [5.74, 6) is 1.65. The summed E-state index contributed by atoms with van der Waals surface area (Å²) in [5.41, 5.74) is 5.82. The normalized spacial score (nSPS) is 16.2. The SMILES string of the molecule is Brc1cnn2c(NCc3cccnc3)cc(C3CCCN(CC(c4ccccc4)c4ccccc4)C3)nc12. The van der Waals surface area contributed by atoms with Gasteiger partial charge in [0, 0.05) is 49.9 Å². The Kier molecular flexibility index (Phi) is 7.47. The molecule has 7 heteroatoms. The van der Waals surface area contributed by atoms with Crippen molar-refractivity contribution in [2.45, 2.75) is 31.2 Å². The summed E-state index contributed by atoms with van der Waals surface area (Å²) in [6.45, 7) is 3.77. The maximum absolute atomic E-state index is 5.08. The van der Waals surface area contributed by atoms with Gasteiger partial charge in [0.15, 0.2) is 5.65 Å². The van der Waals surface area contributed by atoms with Gasteiger partial charge in [-0.3, -0.25) is 4.98 Å². The van der Waals surface area contributed by atoms with Gasteiger partial charge in [-0.05, 0) is 58.1 Å². The van der Waals surface area contributed by atoms with Gasteiger partial charge in [-0.2, -0.15) is 9.61 Å². The van der Waals surface area contributed by atoms with Gasteiger partial charge in [-0.1, -0.05) is 66.7 Å². The molecule has 1 N–H and O–H groups in total. The molecule has 0 amide bonds. The third-order valence-electron chi connectivity index (χ3n) is 7.41. The average Bonchev–Trinajstić information content (AvgIpc) is 3.37. The van der Waals surface area contributed by atoms with Crippen molar-refractivity contribution in [1.82, 2.24) is 24.5 Å². The number of pyridine rings is 1. The van der Waals surface area contributed by atoms with Gasteiger partial charge in [-0.15, -0.1) is 0 Å². The van der Waals surface area contributed by atoms with Crippen molar-refractivity contribution in [3.63, 3.8) is 0 Å². The van der Waals surface area contributed by atoms with E-state index >= 15 is 0 Å². The standard InChI is InChI=1S/C31H31BrN6/c32-28-20-35-38-30(34-19-23-9-7-15-33-18-23)17-29(36-31(28)38)26-14-8-16-37(21-26)22-27(24-10-3-1-4-11-24)25-12-5-2-6-13-25/h1-7,9-13,15,17-18,20,26-27,34H,8,14,16,19,21-22H2. The lowest BCUT2D eigenvalue weighted by Gasteiger charge is -2.35. The number of anilines is 1. The van der Waals surface area contributed by atoms with Crippen LogP contribution >= 0.6 is 15.9 Å². The monoisotopic (exact) mass is 566 g/mol. The third-order valence-corrected chi connectivity index (χ3v) is 7.97. The zero-order chi connectivity index (χ0) is 25.7. The number of likely N-dealkylation sites (tertiary alicyclic amines) is 1. The van der Waals surface area contributed by atoms with E-state index in [4.69, 9.17) is 4.98 Å². The summed E-state index contributed by atoms with van der Waals surface area (Å²) in [6, 6.07) is 28.0. The van der Waals surface area contributed by atoms with Crippen LogP contribution in [0.25, 0.3) is 5.65 Å². The fourth-order valence-electron chi connectivity index (χ4n) is 5.48. The number of fused-ring (bicyclic) bond motifs is 1. The second-order valence-corrected chi connectivity index (χ2v) is 10.8. The van der Waals surface area contributed by atoms with Crippen LogP contribution in [-0.4, -0.2) is 44.1 Å². The highest BCUT2D eigenvalue weighted by atomic mass is 79.9. The van der Waals surface area contributed by atoms with Gasteiger partial charge in [0.25, 0.3) is 0 Å². The minimum absolute atomic E-state index is 0.340. The molecular formula is C31H31BrN6. The lowest BCUT2D eigenvalue weighted by Crippen LogP contribution is -2.37. The van der Waals surface area contributed by atoms with Gasteiger partial charge < -0.3 is 10.2 Å². The Morgan fingerprint density at radius 3 is 2.42 bits per heavy atom. The summed E-state index contributed by atoms with van der Waals surface area (Å²) >= 11 is 3.66. The van der Waals surface area contributed by atoms with E-state index in [2.05, 4.69) is 109 Å². The van der Waals surface area contributed by atoms with Gasteiger partial charge in [0.1, 0.15) is 5.82 Å². The first kappa shape index (κ1) is 24.8. The topological polar surface area (TPSA) is 58.4 Å². The molecule has 0 radical (unpaired) electrons. The molecule has 6 nitrogen and oxygen atoms in total. The molecule has 3 aromatic heterocycles. The van der Waals surface area contributed by atoms with Gasteiger partial charge in [0.2, 0.25) is 0 Å². The number of nitrogens with zero attached hydrogens (tertiary/aromatic N) is 5. The zero-order valence-electron chi connectivity index (χ0n) is 21.2. The zero-order valence-corrected chi connectivity index (χ0v) is 22.8. The number of nitrogens with one attached hydrogen (secondary N) is 1. The molecule has 0 bridgehead atoms. The van der Waals surface area contributed by atoms with E-state index < -0.39 is 0 Å². The Bertz CT molecular complexity index is 1430. The van der Waals surface area contributed by atoms with Crippen molar-refractivity contribution in [2.75, 3.05) is 25.0 Å². The molecular weight excluding hydrogens is 536 g/mol. The van der Waals surface area contributed by atoms with Crippen molar-refractivity contribution in [2.24, 2.45) is 0 Å². The number of benzene rings is 2. The number of hydrogen-bond donors (Lipinski definition) is 1. The Balaban J connectivity index is 1.25. The van der Waals surface area contributed by atoms with Crippen molar-refractivity contribution in [3.05, 3.63) is 124 Å². The first-order chi connectivity index (χ1) is 18.7. The van der Waals surface area contributed by atoms with Crippen molar-refractivity contribution >= 4 is 27.4 Å². The van der Waals surface area contributed by atoms with Crippen LogP contribution in [0.4, 0.5) is 5.82 Å². The molecule has 0 spiro atoms. The molecule has 1 aliphatic heterocycles. The predicted octanol–water partition coefficient (Wildman–Crippen LogP) is 6.51. The third kappa shape index (κ3) is 5.49. The number of hydrogen-bond acceptors (Lipinski definition) is 5. The van der Waals surface area contributed by atoms with Crippen LogP contribution in [-0.2, 0) is 6.54 Å². The van der Waals surface area contributed by atoms with Crippen LogP contribution in [0.1, 0.15) is 47.1 Å². The Morgan fingerprint density at radius 1 is 0.947 bits per heavy atom. The molecule has 6 rings (SSSR count). The van der Waals surface area contributed by atoms with Crippen molar-refractivity contribution < 1.29 is 0 Å². The molecule has 1 atom stereocenters. The average molecular weight is 568 g/mol. The predicted molar refractivity (Wildman–Crippen MR) is 155 cm³/mol. The molecule has 1 unspecified atom stereocenters. The summed E-state index contributed by atoms with van der Waals surface area (Å²) in [7, 11) is 0. The second kappa shape index (κ2) is 11.5. The number of piperidine rings is 1. The van der Waals surface area contributed by atoms with Crippen LogP contribution in [0.15, 0.2) is 102 Å². The molecule has 4 heterocycles. The van der Waals surface area contributed by atoms with E-state index in [1.807, 2.05) is 23.0 Å². The van der Waals surface area contributed by atoms with Crippen molar-refractivity contribution in [1.29, 1.82) is 0 Å². The van der Waals surface area contributed by atoms with E-state index in [1.54, 1.807) is 6.20 Å². The number of halogens is 1. The van der Waals surface area contributed by atoms with E-state index in [1.165, 1.54) is 11.1 Å². The fraction of sp³-hybridized carbons (Fsp3) is 0.258. The lowest BCUT2D eigenvalue weighted by atomic mass is 9.88. The van der Waals surface area contributed by atoms with E-state index in [9.17, 15) is 0 Å². The minimum Gasteiger partial charge on any atom is -0.366 e. The molecule has 1 fully saturated rings. The molecule has 2 aromatic carbocycles. The van der Waals surface area contributed by atoms with E-state index in [0.717, 1.165) is 59.7 Å². The smallest absolute Gasteiger partial charge is 0.171 e. The van der Waals surface area contributed by atoms with E-state index in [-0.39, 0.29) is 0 Å². The van der Waals surface area contributed by atoms with Gasteiger partial charge in [-0.25, -0.2) is 4.98 Å². The first-order valence-corrected chi connectivity index (χ1v) is 14.0. The highest BCUT2D eigenvalue weighted by Crippen LogP contribution is 2.32. The van der Waals surface area contributed by atoms with Gasteiger partial charge in [0.05, 0.1) is 16.4 Å². The molecule has 0 aliphatic carbocycles. The summed E-state index contributed by atoms with van der Waals surface area (Å²) in [6.07, 6.45) is 7.80. The molecule has 1 saturated heterocycles. The fourth-order valence-corrected chi connectivity index (χ4v) is 5.83. The molecule has 192 valence electrons. The van der Waals surface area contributed by atoms with Crippen LogP contribution in [0.5, 0.6) is 0 Å². The molecule has 5 aromatic rings. The summed E-state index contributed by atoms with van der Waals surface area (Å²) in [5, 5.41) is 8.13. The quantitative estimate of drug-likeness (QED) is 0.232. The minimum atomic E-state index is 0.340. The molecule has 0 saturated carbocycles. The Labute approximate surface area is 231 Å². The maximum atomic E-state index is 5.08. The Hall–Kier alpha value is -3.55.